The van der Waals surface area contributed by atoms with Crippen molar-refractivity contribution < 1.29 is 25.8 Å². The van der Waals surface area contributed by atoms with E-state index in [4.69, 9.17) is 0 Å². The van der Waals surface area contributed by atoms with Crippen LogP contribution in [0.25, 0.3) is 10.8 Å². The summed E-state index contributed by atoms with van der Waals surface area (Å²) in [6.45, 7) is 11.7. The second kappa shape index (κ2) is 14.2. The third-order valence-corrected chi connectivity index (χ3v) is 4.80. The largest absolute Gasteiger partial charge is 0.358 e. The molecule has 0 aromatic heterocycles. The summed E-state index contributed by atoms with van der Waals surface area (Å²) in [7, 11) is 0. The summed E-state index contributed by atoms with van der Waals surface area (Å²) >= 11 is 0. The zero-order chi connectivity index (χ0) is 17.4. The van der Waals surface area contributed by atoms with E-state index in [1.165, 1.54) is 35.6 Å². The van der Waals surface area contributed by atoms with Crippen molar-refractivity contribution in [3.05, 3.63) is 108 Å². The average Bonchev–Trinajstić information content (AvgIpc) is 3.15. The molecule has 0 heterocycles. The van der Waals surface area contributed by atoms with E-state index in [0.717, 1.165) is 0 Å². The molecular formula is C29H45Hf-7. The van der Waals surface area contributed by atoms with E-state index in [-0.39, 0.29) is 63.0 Å². The van der Waals surface area contributed by atoms with Crippen molar-refractivity contribution in [1.82, 2.24) is 0 Å². The van der Waals surface area contributed by atoms with Gasteiger partial charge in [0.25, 0.3) is 0 Å². The molecule has 3 aromatic carbocycles. The third-order valence-electron chi connectivity index (χ3n) is 4.80. The molecule has 0 bridgehead atoms. The SMILES string of the molecule is CC(C)(C)C[c-]1ccc2cc3c(cc21)CC(C)(C)C3.[CH3-].[CH3-].[CH3-].[CH3-].[CH3-].[Hf].c1cc[cH-]c1. The van der Waals surface area contributed by atoms with E-state index >= 15 is 0 Å². The molecule has 1 aliphatic carbocycles. The summed E-state index contributed by atoms with van der Waals surface area (Å²) in [6.07, 6.45) is 3.63. The van der Waals surface area contributed by atoms with Gasteiger partial charge in [0.2, 0.25) is 0 Å². The first-order valence-electron chi connectivity index (χ1n) is 9.10. The van der Waals surface area contributed by atoms with Crippen LogP contribution in [0.15, 0.2) is 54.6 Å². The van der Waals surface area contributed by atoms with Crippen LogP contribution in [0.3, 0.4) is 0 Å². The van der Waals surface area contributed by atoms with Gasteiger partial charge in [0.05, 0.1) is 0 Å². The summed E-state index contributed by atoms with van der Waals surface area (Å²) < 4.78 is 0. The topological polar surface area (TPSA) is 0 Å². The predicted molar refractivity (Wildman–Crippen MR) is 138 cm³/mol. The summed E-state index contributed by atoms with van der Waals surface area (Å²) in [4.78, 5) is 0. The molecule has 3 aromatic rings. The van der Waals surface area contributed by atoms with Crippen molar-refractivity contribution in [2.24, 2.45) is 10.8 Å². The fraction of sp³-hybridized carbons (Fsp3) is 0.345. The van der Waals surface area contributed by atoms with Gasteiger partial charge in [-0.1, -0.05) is 52.2 Å². The van der Waals surface area contributed by atoms with E-state index in [0.29, 0.717) is 10.8 Å². The monoisotopic (exact) mass is 573 g/mol. The maximum Gasteiger partial charge on any atom is 0 e. The van der Waals surface area contributed by atoms with E-state index < -0.39 is 0 Å². The minimum Gasteiger partial charge on any atom is -0.358 e. The quantitative estimate of drug-likeness (QED) is 0.202. The molecule has 0 radical (unpaired) electrons. The van der Waals surface area contributed by atoms with Crippen molar-refractivity contribution >= 4 is 10.8 Å². The van der Waals surface area contributed by atoms with Crippen molar-refractivity contribution in [3.8, 4) is 0 Å². The van der Waals surface area contributed by atoms with E-state index in [1.807, 2.05) is 30.3 Å². The second-order valence-electron chi connectivity index (χ2n) is 9.28. The Balaban J connectivity index is -0.000000274. The molecule has 1 heteroatoms. The van der Waals surface area contributed by atoms with Gasteiger partial charge in [0.15, 0.2) is 0 Å². The summed E-state index contributed by atoms with van der Waals surface area (Å²) in [5, 5.41) is 2.93. The number of hydrogen-bond acceptors (Lipinski definition) is 0. The maximum absolute atomic E-state index is 2.47. The van der Waals surface area contributed by atoms with Crippen LogP contribution in [0, 0.1) is 48.0 Å². The molecule has 0 spiro atoms. The van der Waals surface area contributed by atoms with Crippen molar-refractivity contribution in [3.63, 3.8) is 0 Å². The minimum atomic E-state index is 0. The molecule has 0 fully saturated rings. The zero-order valence-electron chi connectivity index (χ0n) is 21.3. The summed E-state index contributed by atoms with van der Waals surface area (Å²) in [6, 6.07) is 19.5. The second-order valence-corrected chi connectivity index (χ2v) is 9.28. The van der Waals surface area contributed by atoms with Gasteiger partial charge < -0.3 is 37.1 Å². The first-order chi connectivity index (χ1) is 11.2. The van der Waals surface area contributed by atoms with Crippen molar-refractivity contribution in [2.45, 2.75) is 53.9 Å². The van der Waals surface area contributed by atoms with Gasteiger partial charge in [-0.2, -0.15) is 24.3 Å². The number of rotatable bonds is 1. The Labute approximate surface area is 209 Å². The van der Waals surface area contributed by atoms with Crippen LogP contribution in [0.2, 0.25) is 0 Å². The Hall–Kier alpha value is -0.950. The molecule has 0 atom stereocenters. The minimum absolute atomic E-state index is 0. The number of hydrogen-bond donors (Lipinski definition) is 0. The summed E-state index contributed by atoms with van der Waals surface area (Å²) in [5.74, 6) is 0. The van der Waals surface area contributed by atoms with Crippen LogP contribution in [-0.2, 0) is 45.1 Å². The van der Waals surface area contributed by atoms with Crippen LogP contribution in [0.5, 0.6) is 0 Å². The van der Waals surface area contributed by atoms with Gasteiger partial charge in [-0.3, -0.25) is 0 Å². The standard InChI is InChI=1S/C19H25.C5H5.5CH3.Hf/c1-18(2,3)10-14-7-6-13-8-15-11-19(4,5)12-16(15)9-17(13)14;1-2-4-5-3-1;;;;;;/h6-9H,10-12H2,1-5H3;1-5H;5*1H3;/q7*-1;. The fourth-order valence-electron chi connectivity index (χ4n) is 3.87. The third kappa shape index (κ3) is 9.46. The van der Waals surface area contributed by atoms with Gasteiger partial charge in [-0.15, -0.1) is 34.5 Å². The predicted octanol–water partition coefficient (Wildman–Crippen LogP) is 8.93. The van der Waals surface area contributed by atoms with E-state index in [9.17, 15) is 0 Å². The van der Waals surface area contributed by atoms with Gasteiger partial charge in [0.1, 0.15) is 0 Å². The van der Waals surface area contributed by atoms with Gasteiger partial charge >= 0.3 is 0 Å². The molecule has 30 heavy (non-hydrogen) atoms. The first-order valence-corrected chi connectivity index (χ1v) is 9.10. The van der Waals surface area contributed by atoms with Crippen molar-refractivity contribution in [1.29, 1.82) is 0 Å². The average molecular weight is 572 g/mol. The van der Waals surface area contributed by atoms with Crippen LogP contribution >= 0.6 is 0 Å². The molecule has 0 aliphatic heterocycles. The molecule has 4 rings (SSSR count). The smallest absolute Gasteiger partial charge is 0 e. The molecule has 0 amide bonds. The Morgan fingerprint density at radius 1 is 0.900 bits per heavy atom. The van der Waals surface area contributed by atoms with Crippen LogP contribution in [0.1, 0.15) is 51.3 Å². The van der Waals surface area contributed by atoms with Crippen molar-refractivity contribution in [2.75, 3.05) is 0 Å². The number of fused-ring (bicyclic) bond motifs is 2. The van der Waals surface area contributed by atoms with Crippen LogP contribution in [-0.4, -0.2) is 0 Å². The van der Waals surface area contributed by atoms with E-state index in [2.05, 4.69) is 58.9 Å². The first kappa shape index (κ1) is 36.4. The molecule has 1 aliphatic rings. The Bertz CT molecular complexity index is 778. The Morgan fingerprint density at radius 2 is 1.40 bits per heavy atom. The van der Waals surface area contributed by atoms with Crippen LogP contribution < -0.4 is 0 Å². The van der Waals surface area contributed by atoms with E-state index in [1.54, 1.807) is 11.1 Å². The molecule has 0 saturated carbocycles. The molecule has 0 N–H and O–H groups in total. The number of benzene rings is 1. The molecule has 0 unspecified atom stereocenters. The molecular weight excluding hydrogens is 527 g/mol. The normalized spacial score (nSPS) is 12.7. The maximum atomic E-state index is 2.47. The molecule has 0 nitrogen and oxygen atoms in total. The van der Waals surface area contributed by atoms with Gasteiger partial charge in [-0.05, 0) is 23.7 Å². The van der Waals surface area contributed by atoms with Gasteiger partial charge in [-0.25, -0.2) is 12.1 Å². The van der Waals surface area contributed by atoms with Crippen LogP contribution in [0.4, 0.5) is 0 Å². The van der Waals surface area contributed by atoms with Gasteiger partial charge in [0, 0.05) is 25.8 Å². The molecule has 0 saturated heterocycles. The summed E-state index contributed by atoms with van der Waals surface area (Å²) in [5.41, 5.74) is 5.49. The fourth-order valence-corrected chi connectivity index (χ4v) is 3.87. The Morgan fingerprint density at radius 3 is 1.83 bits per heavy atom. The zero-order valence-corrected chi connectivity index (χ0v) is 24.9. The Kier molecular flexibility index (Phi) is 17.2. The molecule has 172 valence electrons.